The van der Waals surface area contributed by atoms with Gasteiger partial charge in [0.15, 0.2) is 12.1 Å². The molecule has 1 aromatic rings. The zero-order valence-corrected chi connectivity index (χ0v) is 7.50. The first-order valence-corrected chi connectivity index (χ1v) is 4.23. The summed E-state index contributed by atoms with van der Waals surface area (Å²) in [6.07, 6.45) is -3.59. The molecule has 0 fully saturated rings. The Labute approximate surface area is 81.4 Å². The Morgan fingerprint density at radius 1 is 1.14 bits per heavy atom. The highest BCUT2D eigenvalue weighted by atomic mass is 16.5. The molecule has 1 atom stereocenters. The van der Waals surface area contributed by atoms with Crippen molar-refractivity contribution in [3.05, 3.63) is 35.9 Å². The summed E-state index contributed by atoms with van der Waals surface area (Å²) in [4.78, 5) is 11.4. The molecule has 76 valence electrons. The van der Waals surface area contributed by atoms with E-state index in [1.54, 1.807) is 30.3 Å². The van der Waals surface area contributed by atoms with Crippen molar-refractivity contribution in [3.8, 4) is 0 Å². The Morgan fingerprint density at radius 2 is 1.71 bits per heavy atom. The van der Waals surface area contributed by atoms with Crippen LogP contribution in [0.15, 0.2) is 30.3 Å². The number of carbonyl (C=O) groups is 1. The summed E-state index contributed by atoms with van der Waals surface area (Å²) in [7, 11) is 0. The molecule has 0 heterocycles. The Hall–Kier alpha value is -1.23. The minimum absolute atomic E-state index is 0.290. The maximum atomic E-state index is 11.4. The van der Waals surface area contributed by atoms with Crippen LogP contribution < -0.4 is 0 Å². The molecule has 0 aliphatic heterocycles. The van der Waals surface area contributed by atoms with Crippen molar-refractivity contribution in [1.29, 1.82) is 0 Å². The second kappa shape index (κ2) is 4.85. The summed E-state index contributed by atoms with van der Waals surface area (Å²) >= 11 is 0. The van der Waals surface area contributed by atoms with Gasteiger partial charge in [0.1, 0.15) is 6.10 Å². The van der Waals surface area contributed by atoms with Crippen molar-refractivity contribution >= 4 is 5.78 Å². The summed E-state index contributed by atoms with van der Waals surface area (Å²) in [6, 6.07) is 8.40. The van der Waals surface area contributed by atoms with E-state index < -0.39 is 12.4 Å². The molecular weight excluding hydrogens is 184 g/mol. The summed E-state index contributed by atoms with van der Waals surface area (Å²) in [5.41, 5.74) is 0.451. The van der Waals surface area contributed by atoms with Gasteiger partial charge >= 0.3 is 0 Å². The van der Waals surface area contributed by atoms with Crippen molar-refractivity contribution in [3.63, 3.8) is 0 Å². The lowest BCUT2D eigenvalue weighted by Gasteiger charge is -2.11. The SMILES string of the molecule is O=C(CC(O)C(O)O)c1ccccc1. The Balaban J connectivity index is 2.60. The number of Topliss-reactive ketones (excluding diaryl/α,β-unsaturated/α-hetero) is 1. The van der Waals surface area contributed by atoms with Gasteiger partial charge in [-0.15, -0.1) is 0 Å². The minimum atomic E-state index is -1.87. The zero-order valence-electron chi connectivity index (χ0n) is 7.50. The van der Waals surface area contributed by atoms with Gasteiger partial charge in [-0.05, 0) is 0 Å². The summed E-state index contributed by atoms with van der Waals surface area (Å²) < 4.78 is 0. The molecule has 14 heavy (non-hydrogen) atoms. The maximum absolute atomic E-state index is 11.4. The lowest BCUT2D eigenvalue weighted by Crippen LogP contribution is -2.27. The largest absolute Gasteiger partial charge is 0.387 e. The fourth-order valence-electron chi connectivity index (χ4n) is 1.04. The quantitative estimate of drug-likeness (QED) is 0.465. The molecule has 0 aliphatic rings. The maximum Gasteiger partial charge on any atom is 0.178 e. The highest BCUT2D eigenvalue weighted by Crippen LogP contribution is 2.06. The third kappa shape index (κ3) is 2.92. The van der Waals surface area contributed by atoms with Crippen molar-refractivity contribution < 1.29 is 20.1 Å². The third-order valence-electron chi connectivity index (χ3n) is 1.83. The van der Waals surface area contributed by atoms with Crippen LogP contribution in [0.4, 0.5) is 0 Å². The number of benzene rings is 1. The second-order valence-corrected chi connectivity index (χ2v) is 2.97. The van der Waals surface area contributed by atoms with Crippen LogP contribution in [0, 0.1) is 0 Å². The summed E-state index contributed by atoms with van der Waals surface area (Å²) in [5.74, 6) is -0.314. The highest BCUT2D eigenvalue weighted by molar-refractivity contribution is 5.96. The van der Waals surface area contributed by atoms with Crippen LogP contribution in [0.5, 0.6) is 0 Å². The molecule has 1 aromatic carbocycles. The van der Waals surface area contributed by atoms with Crippen LogP contribution in [-0.2, 0) is 0 Å². The first-order valence-electron chi connectivity index (χ1n) is 4.23. The van der Waals surface area contributed by atoms with E-state index in [-0.39, 0.29) is 12.2 Å². The monoisotopic (exact) mass is 196 g/mol. The van der Waals surface area contributed by atoms with Crippen molar-refractivity contribution in [2.24, 2.45) is 0 Å². The number of hydrogen-bond acceptors (Lipinski definition) is 4. The van der Waals surface area contributed by atoms with Gasteiger partial charge < -0.3 is 15.3 Å². The lowest BCUT2D eigenvalue weighted by atomic mass is 10.1. The van der Waals surface area contributed by atoms with E-state index in [2.05, 4.69) is 0 Å². The molecule has 1 rings (SSSR count). The van der Waals surface area contributed by atoms with E-state index in [1.165, 1.54) is 0 Å². The predicted octanol–water partition coefficient (Wildman–Crippen LogP) is -0.0690. The van der Waals surface area contributed by atoms with E-state index in [4.69, 9.17) is 15.3 Å². The second-order valence-electron chi connectivity index (χ2n) is 2.97. The molecule has 0 amide bonds. The molecule has 0 spiro atoms. The average Bonchev–Trinajstić information content (AvgIpc) is 2.19. The normalized spacial score (nSPS) is 12.9. The number of aliphatic hydroxyl groups is 3. The topological polar surface area (TPSA) is 77.8 Å². The number of aliphatic hydroxyl groups excluding tert-OH is 2. The molecule has 0 radical (unpaired) electrons. The highest BCUT2D eigenvalue weighted by Gasteiger charge is 2.17. The first kappa shape index (κ1) is 10.8. The van der Waals surface area contributed by atoms with Crippen molar-refractivity contribution in [2.45, 2.75) is 18.8 Å². The molecule has 4 nitrogen and oxygen atoms in total. The lowest BCUT2D eigenvalue weighted by molar-refractivity contribution is -0.120. The molecule has 0 aliphatic carbocycles. The summed E-state index contributed by atoms with van der Waals surface area (Å²) in [6.45, 7) is 0. The fourth-order valence-corrected chi connectivity index (χ4v) is 1.04. The molecule has 0 saturated carbocycles. The van der Waals surface area contributed by atoms with Crippen LogP contribution in [0.1, 0.15) is 16.8 Å². The molecule has 3 N–H and O–H groups in total. The Bertz CT molecular complexity index is 294. The van der Waals surface area contributed by atoms with E-state index in [1.807, 2.05) is 0 Å². The van der Waals surface area contributed by atoms with Crippen LogP contribution in [0.2, 0.25) is 0 Å². The fraction of sp³-hybridized carbons (Fsp3) is 0.300. The summed E-state index contributed by atoms with van der Waals surface area (Å²) in [5, 5.41) is 26.2. The van der Waals surface area contributed by atoms with E-state index in [0.29, 0.717) is 5.56 Å². The number of carbonyl (C=O) groups excluding carboxylic acids is 1. The van der Waals surface area contributed by atoms with Gasteiger partial charge in [-0.1, -0.05) is 30.3 Å². The molecule has 0 bridgehead atoms. The van der Waals surface area contributed by atoms with Crippen LogP contribution in [-0.4, -0.2) is 33.5 Å². The van der Waals surface area contributed by atoms with Gasteiger partial charge in [-0.3, -0.25) is 4.79 Å². The third-order valence-corrected chi connectivity index (χ3v) is 1.83. The van der Waals surface area contributed by atoms with E-state index in [9.17, 15) is 4.79 Å². The van der Waals surface area contributed by atoms with Crippen LogP contribution >= 0.6 is 0 Å². The van der Waals surface area contributed by atoms with Gasteiger partial charge in [-0.2, -0.15) is 0 Å². The first-order chi connectivity index (χ1) is 6.61. The molecule has 4 heteroatoms. The van der Waals surface area contributed by atoms with Gasteiger partial charge in [0.25, 0.3) is 0 Å². The van der Waals surface area contributed by atoms with E-state index >= 15 is 0 Å². The van der Waals surface area contributed by atoms with Crippen molar-refractivity contribution in [1.82, 2.24) is 0 Å². The minimum Gasteiger partial charge on any atom is -0.387 e. The van der Waals surface area contributed by atoms with Crippen LogP contribution in [0.25, 0.3) is 0 Å². The van der Waals surface area contributed by atoms with Crippen molar-refractivity contribution in [2.75, 3.05) is 0 Å². The standard InChI is InChI=1S/C10H12O4/c11-8(6-9(12)10(13)14)7-4-2-1-3-5-7/h1-5,9-10,12-14H,6H2. The van der Waals surface area contributed by atoms with Gasteiger partial charge in [0, 0.05) is 12.0 Å². The van der Waals surface area contributed by atoms with Gasteiger partial charge in [-0.25, -0.2) is 0 Å². The number of ketones is 1. The molecule has 0 aromatic heterocycles. The number of hydrogen-bond donors (Lipinski definition) is 3. The predicted molar refractivity (Wildman–Crippen MR) is 49.6 cm³/mol. The molecule has 0 saturated heterocycles. The molecular formula is C10H12O4. The smallest absolute Gasteiger partial charge is 0.178 e. The average molecular weight is 196 g/mol. The van der Waals surface area contributed by atoms with Gasteiger partial charge in [0.2, 0.25) is 0 Å². The molecule has 1 unspecified atom stereocenters. The zero-order chi connectivity index (χ0) is 10.6. The Kier molecular flexibility index (Phi) is 3.76. The van der Waals surface area contributed by atoms with Gasteiger partial charge in [0.05, 0.1) is 0 Å². The van der Waals surface area contributed by atoms with E-state index in [0.717, 1.165) is 0 Å². The number of rotatable bonds is 4. The Morgan fingerprint density at radius 3 is 2.21 bits per heavy atom. The van der Waals surface area contributed by atoms with Crippen LogP contribution in [0.3, 0.4) is 0 Å².